The molecule has 6 rings (SSSR count). The number of ether oxygens (including phenoxy) is 2. The maximum atomic E-state index is 13.2. The average molecular weight is 519 g/mol. The second-order valence-corrected chi connectivity index (χ2v) is 10.3. The third-order valence-electron chi connectivity index (χ3n) is 7.64. The first-order valence-electron chi connectivity index (χ1n) is 13.0. The third kappa shape index (κ3) is 4.86. The van der Waals surface area contributed by atoms with Gasteiger partial charge in [-0.15, -0.1) is 0 Å². The van der Waals surface area contributed by atoms with Gasteiger partial charge < -0.3 is 19.3 Å². The Morgan fingerprint density at radius 1 is 0.973 bits per heavy atom. The summed E-state index contributed by atoms with van der Waals surface area (Å²) in [7, 11) is 1.66. The van der Waals surface area contributed by atoms with Crippen LogP contribution in [0.5, 0.6) is 11.5 Å². The summed E-state index contributed by atoms with van der Waals surface area (Å²) in [5, 5.41) is 2.69. The van der Waals surface area contributed by atoms with Crippen LogP contribution in [0.2, 0.25) is 5.02 Å². The van der Waals surface area contributed by atoms with Crippen molar-refractivity contribution in [2.24, 2.45) is 4.99 Å². The number of carbonyl (C=O) groups excluding carboxylic acids is 1. The second kappa shape index (κ2) is 10.2. The van der Waals surface area contributed by atoms with E-state index in [1.807, 2.05) is 47.5 Å². The van der Waals surface area contributed by atoms with E-state index in [0.717, 1.165) is 73.6 Å². The maximum Gasteiger partial charge on any atom is 0.256 e. The van der Waals surface area contributed by atoms with Crippen LogP contribution in [0.3, 0.4) is 0 Å². The molecule has 0 aliphatic carbocycles. The largest absolute Gasteiger partial charge is 0.493 e. The van der Waals surface area contributed by atoms with E-state index in [2.05, 4.69) is 26.9 Å². The Bertz CT molecular complexity index is 1340. The van der Waals surface area contributed by atoms with Gasteiger partial charge in [-0.2, -0.15) is 0 Å². The van der Waals surface area contributed by atoms with Crippen molar-refractivity contribution in [2.75, 3.05) is 57.9 Å². The van der Waals surface area contributed by atoms with Gasteiger partial charge in [0.25, 0.3) is 5.91 Å². The van der Waals surface area contributed by atoms with E-state index < -0.39 is 0 Å². The van der Waals surface area contributed by atoms with Crippen molar-refractivity contribution in [3.05, 3.63) is 59.1 Å². The van der Waals surface area contributed by atoms with Crippen molar-refractivity contribution in [3.8, 4) is 11.5 Å². The molecule has 0 radical (unpaired) electrons. The molecule has 7 nitrogen and oxygen atoms in total. The van der Waals surface area contributed by atoms with Crippen molar-refractivity contribution in [3.63, 3.8) is 0 Å². The molecule has 8 heteroatoms. The zero-order valence-corrected chi connectivity index (χ0v) is 21.8. The van der Waals surface area contributed by atoms with Crippen LogP contribution in [0.4, 0.5) is 11.4 Å². The van der Waals surface area contributed by atoms with Crippen LogP contribution in [0, 0.1) is 0 Å². The number of anilines is 1. The van der Waals surface area contributed by atoms with E-state index in [1.54, 1.807) is 7.11 Å². The minimum absolute atomic E-state index is 0.0629. The van der Waals surface area contributed by atoms with Gasteiger partial charge in [0, 0.05) is 56.2 Å². The summed E-state index contributed by atoms with van der Waals surface area (Å²) < 4.78 is 11.9. The number of benzene rings is 3. The summed E-state index contributed by atoms with van der Waals surface area (Å²) in [4.78, 5) is 24.6. The number of carbonyl (C=O) groups is 1. The highest BCUT2D eigenvalue weighted by Crippen LogP contribution is 2.37. The quantitative estimate of drug-likeness (QED) is 0.458. The van der Waals surface area contributed by atoms with Gasteiger partial charge in [-0.1, -0.05) is 11.6 Å². The molecule has 3 aromatic rings. The Morgan fingerprint density at radius 2 is 1.73 bits per heavy atom. The van der Waals surface area contributed by atoms with Crippen LogP contribution >= 0.6 is 11.6 Å². The molecule has 0 saturated carbocycles. The molecular formula is C29H31ClN4O3. The molecule has 2 fully saturated rings. The number of hydrogen-bond acceptors (Lipinski definition) is 6. The molecule has 3 heterocycles. The van der Waals surface area contributed by atoms with Crippen LogP contribution < -0.4 is 14.4 Å². The molecule has 0 aromatic heterocycles. The van der Waals surface area contributed by atoms with Gasteiger partial charge in [-0.3, -0.25) is 14.7 Å². The Morgan fingerprint density at radius 3 is 2.51 bits per heavy atom. The lowest BCUT2D eigenvalue weighted by Gasteiger charge is -2.36. The Kier molecular flexibility index (Phi) is 6.65. The second-order valence-electron chi connectivity index (χ2n) is 9.86. The van der Waals surface area contributed by atoms with Crippen molar-refractivity contribution in [2.45, 2.75) is 18.9 Å². The van der Waals surface area contributed by atoms with Crippen molar-refractivity contribution >= 4 is 45.9 Å². The lowest BCUT2D eigenvalue weighted by atomic mass is 10.0. The van der Waals surface area contributed by atoms with E-state index in [-0.39, 0.29) is 11.9 Å². The van der Waals surface area contributed by atoms with Crippen molar-refractivity contribution in [1.29, 1.82) is 0 Å². The zero-order valence-electron chi connectivity index (χ0n) is 21.0. The fraction of sp³-hybridized carbons (Fsp3) is 0.379. The van der Waals surface area contributed by atoms with E-state index in [0.29, 0.717) is 23.7 Å². The summed E-state index contributed by atoms with van der Waals surface area (Å²) in [6.45, 7) is 6.09. The number of halogens is 1. The van der Waals surface area contributed by atoms with Crippen LogP contribution in [0.1, 0.15) is 23.2 Å². The fourth-order valence-electron chi connectivity index (χ4n) is 5.53. The van der Waals surface area contributed by atoms with Crippen molar-refractivity contribution in [1.82, 2.24) is 9.80 Å². The number of piperazine rings is 1. The first-order valence-corrected chi connectivity index (χ1v) is 13.3. The summed E-state index contributed by atoms with van der Waals surface area (Å²) in [5.41, 5.74) is 2.59. The Labute approximate surface area is 222 Å². The topological polar surface area (TPSA) is 57.6 Å². The summed E-state index contributed by atoms with van der Waals surface area (Å²) in [6, 6.07) is 16.0. The van der Waals surface area contributed by atoms with E-state index >= 15 is 0 Å². The first kappa shape index (κ1) is 24.1. The number of hydrogen-bond donors (Lipinski definition) is 0. The Balaban J connectivity index is 1.13. The minimum atomic E-state index is 0.0629. The van der Waals surface area contributed by atoms with Gasteiger partial charge in [-0.25, -0.2) is 0 Å². The molecule has 2 saturated heterocycles. The molecular weight excluding hydrogens is 488 g/mol. The molecule has 0 N–H and O–H groups in total. The minimum Gasteiger partial charge on any atom is -0.493 e. The maximum absolute atomic E-state index is 13.2. The highest BCUT2D eigenvalue weighted by atomic mass is 35.5. The van der Waals surface area contributed by atoms with E-state index in [4.69, 9.17) is 21.1 Å². The third-order valence-corrected chi connectivity index (χ3v) is 7.89. The molecule has 1 amide bonds. The number of fused-ring (bicyclic) bond motifs is 3. The SMILES string of the molecule is COc1cc2cc3c(cc2cc1OCCN1CCN(c2ccc(Cl)cc2)CC1)C(=O)N1CCC[C@H]1C=N3. The molecule has 192 valence electrons. The molecule has 0 bridgehead atoms. The smallest absolute Gasteiger partial charge is 0.256 e. The fourth-order valence-corrected chi connectivity index (χ4v) is 5.66. The zero-order chi connectivity index (χ0) is 25.4. The molecule has 3 aromatic carbocycles. The average Bonchev–Trinajstić information content (AvgIpc) is 3.36. The van der Waals surface area contributed by atoms with E-state index in [9.17, 15) is 4.79 Å². The molecule has 3 aliphatic heterocycles. The van der Waals surface area contributed by atoms with Gasteiger partial charge in [0.05, 0.1) is 24.4 Å². The summed E-state index contributed by atoms with van der Waals surface area (Å²) in [5.74, 6) is 1.44. The summed E-state index contributed by atoms with van der Waals surface area (Å²) >= 11 is 6.03. The molecule has 1 atom stereocenters. The number of nitrogens with zero attached hydrogens (tertiary/aromatic N) is 4. The van der Waals surface area contributed by atoms with Crippen molar-refractivity contribution < 1.29 is 14.3 Å². The monoisotopic (exact) mass is 518 g/mol. The predicted octanol–water partition coefficient (Wildman–Crippen LogP) is 5.02. The highest BCUT2D eigenvalue weighted by Gasteiger charge is 2.32. The van der Waals surface area contributed by atoms with Crippen LogP contribution in [-0.4, -0.2) is 80.9 Å². The lowest BCUT2D eigenvalue weighted by Crippen LogP contribution is -2.47. The molecule has 3 aliphatic rings. The van der Waals surface area contributed by atoms with Crippen LogP contribution in [-0.2, 0) is 0 Å². The lowest BCUT2D eigenvalue weighted by molar-refractivity contribution is 0.0775. The number of methoxy groups -OCH3 is 1. The number of rotatable bonds is 6. The van der Waals surface area contributed by atoms with Crippen LogP contribution in [0.15, 0.2) is 53.5 Å². The molecule has 0 spiro atoms. The van der Waals surface area contributed by atoms with Gasteiger partial charge >= 0.3 is 0 Å². The number of aliphatic imine (C=N–C) groups is 1. The molecule has 0 unspecified atom stereocenters. The predicted molar refractivity (Wildman–Crippen MR) is 148 cm³/mol. The normalized spacial score (nSPS) is 19.6. The highest BCUT2D eigenvalue weighted by molar-refractivity contribution is 6.30. The van der Waals surface area contributed by atoms with E-state index in [1.165, 1.54) is 5.69 Å². The number of amides is 1. The van der Waals surface area contributed by atoms with Crippen LogP contribution in [0.25, 0.3) is 10.8 Å². The van der Waals surface area contributed by atoms with Gasteiger partial charge in [-0.05, 0) is 72.1 Å². The van der Waals surface area contributed by atoms with Gasteiger partial charge in [0.15, 0.2) is 11.5 Å². The molecule has 37 heavy (non-hydrogen) atoms. The van der Waals surface area contributed by atoms with Gasteiger partial charge in [0.2, 0.25) is 0 Å². The summed E-state index contributed by atoms with van der Waals surface area (Å²) in [6.07, 6.45) is 3.92. The first-order chi connectivity index (χ1) is 18.1. The Hall–Kier alpha value is -3.29. The standard InChI is InChI=1S/C29H31ClN4O3/c1-36-27-17-21-16-26-25(29(35)34-8-2-3-24(34)19-31-26)15-20(21)18-28(27)37-14-13-32-9-11-33(12-10-32)23-6-4-22(30)5-7-23/h4-7,15-19,24H,2-3,8-14H2,1H3/t24-/m0/s1. The van der Waals surface area contributed by atoms with Gasteiger partial charge in [0.1, 0.15) is 6.61 Å².